The van der Waals surface area contributed by atoms with Crippen LogP contribution in [0.5, 0.6) is 0 Å². The van der Waals surface area contributed by atoms with E-state index in [-0.39, 0.29) is 11.3 Å². The van der Waals surface area contributed by atoms with E-state index in [0.717, 1.165) is 17.7 Å². The predicted octanol–water partition coefficient (Wildman–Crippen LogP) is 3.05. The predicted molar refractivity (Wildman–Crippen MR) is 76.7 cm³/mol. The third kappa shape index (κ3) is 3.84. The third-order valence-electron chi connectivity index (χ3n) is 2.93. The molecule has 1 atom stereocenters. The number of anilines is 1. The molecule has 0 aliphatic carbocycles. The molecule has 100 valence electrons. The van der Waals surface area contributed by atoms with Crippen molar-refractivity contribution >= 4 is 11.6 Å². The van der Waals surface area contributed by atoms with E-state index in [4.69, 9.17) is 5.73 Å². The molecule has 0 aliphatic heterocycles. The van der Waals surface area contributed by atoms with Gasteiger partial charge in [0.05, 0.1) is 6.04 Å². The highest BCUT2D eigenvalue weighted by molar-refractivity contribution is 5.95. The number of hydrogen-bond donors (Lipinski definition) is 2. The lowest BCUT2D eigenvalue weighted by atomic mass is 9.86. The van der Waals surface area contributed by atoms with Crippen LogP contribution in [-0.4, -0.2) is 11.9 Å². The van der Waals surface area contributed by atoms with Crippen LogP contribution in [0.1, 0.15) is 46.1 Å². The normalized spacial score (nSPS) is 13.2. The SMILES string of the molecule is CCC[C@@H](N)C(=O)Nc1ccccc1C(C)(C)C. The zero-order valence-electron chi connectivity index (χ0n) is 11.8. The fourth-order valence-electron chi connectivity index (χ4n) is 1.91. The van der Waals surface area contributed by atoms with Crippen LogP contribution in [0.4, 0.5) is 5.69 Å². The fraction of sp³-hybridized carbons (Fsp3) is 0.533. The summed E-state index contributed by atoms with van der Waals surface area (Å²) < 4.78 is 0. The Morgan fingerprint density at radius 3 is 2.50 bits per heavy atom. The van der Waals surface area contributed by atoms with E-state index in [1.807, 2.05) is 31.2 Å². The number of benzene rings is 1. The molecule has 0 heterocycles. The van der Waals surface area contributed by atoms with E-state index in [2.05, 4.69) is 26.1 Å². The van der Waals surface area contributed by atoms with Crippen molar-refractivity contribution in [3.63, 3.8) is 0 Å². The van der Waals surface area contributed by atoms with E-state index < -0.39 is 6.04 Å². The van der Waals surface area contributed by atoms with Crippen LogP contribution < -0.4 is 11.1 Å². The second-order valence-electron chi connectivity index (χ2n) is 5.68. The highest BCUT2D eigenvalue weighted by Gasteiger charge is 2.20. The maximum atomic E-state index is 11.9. The number of carbonyl (C=O) groups excluding carboxylic acids is 1. The smallest absolute Gasteiger partial charge is 0.241 e. The van der Waals surface area contributed by atoms with Gasteiger partial charge in [0.15, 0.2) is 0 Å². The van der Waals surface area contributed by atoms with Crippen molar-refractivity contribution in [2.24, 2.45) is 5.73 Å². The molecular weight excluding hydrogens is 224 g/mol. The largest absolute Gasteiger partial charge is 0.324 e. The van der Waals surface area contributed by atoms with Crippen molar-refractivity contribution in [2.75, 3.05) is 5.32 Å². The molecule has 0 aromatic heterocycles. The summed E-state index contributed by atoms with van der Waals surface area (Å²) in [4.78, 5) is 11.9. The van der Waals surface area contributed by atoms with Gasteiger partial charge in [-0.2, -0.15) is 0 Å². The number of nitrogens with two attached hydrogens (primary N) is 1. The quantitative estimate of drug-likeness (QED) is 0.860. The first-order valence-corrected chi connectivity index (χ1v) is 6.52. The zero-order chi connectivity index (χ0) is 13.8. The number of hydrogen-bond acceptors (Lipinski definition) is 2. The summed E-state index contributed by atoms with van der Waals surface area (Å²) in [6.07, 6.45) is 1.62. The van der Waals surface area contributed by atoms with Crippen LogP contribution in [-0.2, 0) is 10.2 Å². The summed E-state index contributed by atoms with van der Waals surface area (Å²) in [5.74, 6) is -0.103. The Morgan fingerprint density at radius 1 is 1.33 bits per heavy atom. The highest BCUT2D eigenvalue weighted by atomic mass is 16.2. The van der Waals surface area contributed by atoms with Crippen LogP contribution in [0.25, 0.3) is 0 Å². The second kappa shape index (κ2) is 6.01. The first-order valence-electron chi connectivity index (χ1n) is 6.52. The molecule has 3 nitrogen and oxygen atoms in total. The summed E-state index contributed by atoms with van der Waals surface area (Å²) in [5.41, 5.74) is 7.81. The molecule has 0 unspecified atom stereocenters. The summed E-state index contributed by atoms with van der Waals surface area (Å²) in [7, 11) is 0. The van der Waals surface area contributed by atoms with Gasteiger partial charge in [-0.05, 0) is 23.5 Å². The first kappa shape index (κ1) is 14.7. The summed E-state index contributed by atoms with van der Waals surface area (Å²) >= 11 is 0. The number of amides is 1. The van der Waals surface area contributed by atoms with Gasteiger partial charge >= 0.3 is 0 Å². The molecule has 0 aliphatic rings. The lowest BCUT2D eigenvalue weighted by Gasteiger charge is -2.23. The lowest BCUT2D eigenvalue weighted by molar-refractivity contribution is -0.117. The summed E-state index contributed by atoms with van der Waals surface area (Å²) in [5, 5.41) is 2.94. The van der Waals surface area contributed by atoms with Gasteiger partial charge in [0.1, 0.15) is 0 Å². The fourth-order valence-corrected chi connectivity index (χ4v) is 1.91. The van der Waals surface area contributed by atoms with Crippen molar-refractivity contribution in [3.05, 3.63) is 29.8 Å². The topological polar surface area (TPSA) is 55.1 Å². The van der Waals surface area contributed by atoms with Gasteiger partial charge in [-0.25, -0.2) is 0 Å². The zero-order valence-corrected chi connectivity index (χ0v) is 11.8. The molecule has 0 saturated heterocycles. The number of rotatable bonds is 4. The average molecular weight is 248 g/mol. The van der Waals surface area contributed by atoms with Crippen LogP contribution in [0.3, 0.4) is 0 Å². The molecule has 1 aromatic carbocycles. The summed E-state index contributed by atoms with van der Waals surface area (Å²) in [6, 6.07) is 7.46. The van der Waals surface area contributed by atoms with Gasteiger partial charge in [0, 0.05) is 5.69 Å². The molecule has 1 aromatic rings. The molecule has 0 bridgehead atoms. The standard InChI is InChI=1S/C15H24N2O/c1-5-8-12(16)14(18)17-13-10-7-6-9-11(13)15(2,3)4/h6-7,9-10,12H,5,8,16H2,1-4H3,(H,17,18)/t12-/m1/s1. The monoisotopic (exact) mass is 248 g/mol. The molecule has 18 heavy (non-hydrogen) atoms. The van der Waals surface area contributed by atoms with Crippen LogP contribution in [0, 0.1) is 0 Å². The lowest BCUT2D eigenvalue weighted by Crippen LogP contribution is -2.36. The Kier molecular flexibility index (Phi) is 4.91. The van der Waals surface area contributed by atoms with Gasteiger partial charge in [-0.3, -0.25) is 4.79 Å². The Balaban J connectivity index is 2.88. The Morgan fingerprint density at radius 2 is 1.94 bits per heavy atom. The van der Waals surface area contributed by atoms with E-state index in [1.165, 1.54) is 0 Å². The number of para-hydroxylation sites is 1. The Hall–Kier alpha value is -1.35. The number of nitrogens with one attached hydrogen (secondary N) is 1. The van der Waals surface area contributed by atoms with Crippen LogP contribution >= 0.6 is 0 Å². The Bertz CT molecular complexity index is 407. The van der Waals surface area contributed by atoms with Gasteiger partial charge in [-0.1, -0.05) is 52.3 Å². The molecule has 1 amide bonds. The minimum Gasteiger partial charge on any atom is -0.324 e. The van der Waals surface area contributed by atoms with Crippen molar-refractivity contribution in [2.45, 2.75) is 52.0 Å². The maximum Gasteiger partial charge on any atom is 0.241 e. The van der Waals surface area contributed by atoms with Crippen LogP contribution in [0.2, 0.25) is 0 Å². The van der Waals surface area contributed by atoms with Crippen LogP contribution in [0.15, 0.2) is 24.3 Å². The van der Waals surface area contributed by atoms with Crippen molar-refractivity contribution in [3.8, 4) is 0 Å². The molecule has 1 rings (SSSR count). The average Bonchev–Trinajstić information content (AvgIpc) is 2.28. The second-order valence-corrected chi connectivity index (χ2v) is 5.68. The van der Waals surface area contributed by atoms with E-state index in [0.29, 0.717) is 6.42 Å². The highest BCUT2D eigenvalue weighted by Crippen LogP contribution is 2.29. The molecule has 0 radical (unpaired) electrons. The molecule has 0 spiro atoms. The minimum atomic E-state index is -0.428. The minimum absolute atomic E-state index is 0.00126. The molecule has 0 fully saturated rings. The van der Waals surface area contributed by atoms with Gasteiger partial charge in [-0.15, -0.1) is 0 Å². The van der Waals surface area contributed by atoms with E-state index in [1.54, 1.807) is 0 Å². The van der Waals surface area contributed by atoms with E-state index in [9.17, 15) is 4.79 Å². The van der Waals surface area contributed by atoms with Crippen molar-refractivity contribution < 1.29 is 4.79 Å². The summed E-state index contributed by atoms with van der Waals surface area (Å²) in [6.45, 7) is 8.41. The Labute approximate surface area is 110 Å². The van der Waals surface area contributed by atoms with Gasteiger partial charge < -0.3 is 11.1 Å². The van der Waals surface area contributed by atoms with Gasteiger partial charge in [0.2, 0.25) is 5.91 Å². The molecular formula is C15H24N2O. The van der Waals surface area contributed by atoms with Gasteiger partial charge in [0.25, 0.3) is 0 Å². The third-order valence-corrected chi connectivity index (χ3v) is 2.93. The van der Waals surface area contributed by atoms with Crippen molar-refractivity contribution in [1.29, 1.82) is 0 Å². The molecule has 3 N–H and O–H groups in total. The van der Waals surface area contributed by atoms with Crippen molar-refractivity contribution in [1.82, 2.24) is 0 Å². The molecule has 3 heteroatoms. The number of carbonyl (C=O) groups is 1. The maximum absolute atomic E-state index is 11.9. The molecule has 0 saturated carbocycles. The van der Waals surface area contributed by atoms with E-state index >= 15 is 0 Å². The first-order chi connectivity index (χ1) is 8.36.